The minimum Gasteiger partial charge on any atom is -0.265 e. The first-order chi connectivity index (χ1) is 5.55. The van der Waals surface area contributed by atoms with Crippen LogP contribution in [0.15, 0.2) is 24.5 Å². The minimum atomic E-state index is -1.25. The van der Waals surface area contributed by atoms with Crippen molar-refractivity contribution in [3.05, 3.63) is 30.1 Å². The van der Waals surface area contributed by atoms with E-state index in [1.807, 2.05) is 13.8 Å². The van der Waals surface area contributed by atoms with Crippen molar-refractivity contribution in [3.8, 4) is 0 Å². The Labute approximate surface area is 64.9 Å². The summed E-state index contributed by atoms with van der Waals surface area (Å²) in [6.07, 6.45) is 1.99. The summed E-state index contributed by atoms with van der Waals surface area (Å²) >= 11 is 0. The van der Waals surface area contributed by atoms with Crippen molar-refractivity contribution in [1.29, 1.82) is 0 Å². The predicted octanol–water partition coefficient (Wildman–Crippen LogP) is 2.28. The van der Waals surface area contributed by atoms with Gasteiger partial charge >= 0.3 is 0 Å². The van der Waals surface area contributed by atoms with Crippen LogP contribution in [0.3, 0.4) is 0 Å². The fourth-order valence-corrected chi connectivity index (χ4v) is 0.781. The minimum absolute atomic E-state index is 0.0140. The van der Waals surface area contributed by atoms with Crippen molar-refractivity contribution < 1.29 is 2.74 Å². The fraction of sp³-hybridized carbons (Fsp3) is 0.444. The van der Waals surface area contributed by atoms with Crippen molar-refractivity contribution in [3.63, 3.8) is 0 Å². The lowest BCUT2D eigenvalue weighted by molar-refractivity contribution is 0.647. The van der Waals surface area contributed by atoms with Crippen LogP contribution < -0.4 is 0 Å². The van der Waals surface area contributed by atoms with Crippen LogP contribution in [-0.2, 0) is 6.37 Å². The van der Waals surface area contributed by atoms with Gasteiger partial charge in [-0.1, -0.05) is 13.8 Å². The van der Waals surface area contributed by atoms with Gasteiger partial charge < -0.3 is 0 Å². The molecule has 0 aliphatic heterocycles. The highest BCUT2D eigenvalue weighted by Crippen LogP contribution is 2.04. The number of aromatic nitrogens is 1. The Bertz CT molecular complexity index is 244. The van der Waals surface area contributed by atoms with Gasteiger partial charge in [-0.05, 0) is 30.0 Å². The third kappa shape index (κ3) is 2.18. The van der Waals surface area contributed by atoms with E-state index in [2.05, 4.69) is 4.98 Å². The molecule has 1 aromatic rings. The van der Waals surface area contributed by atoms with E-state index in [4.69, 9.17) is 2.74 Å². The van der Waals surface area contributed by atoms with Gasteiger partial charge in [0.15, 0.2) is 0 Å². The lowest BCUT2D eigenvalue weighted by atomic mass is 10.0. The Kier molecular flexibility index (Phi) is 1.64. The number of hydrogen-bond acceptors (Lipinski definition) is 1. The number of rotatable bonds is 2. The third-order valence-electron chi connectivity index (χ3n) is 1.14. The second-order valence-corrected chi connectivity index (χ2v) is 2.53. The summed E-state index contributed by atoms with van der Waals surface area (Å²) in [5.74, 6) is -0.0140. The van der Waals surface area contributed by atoms with Crippen LogP contribution in [0.25, 0.3) is 0 Å². The molecule has 0 fully saturated rings. The Morgan fingerprint density at radius 3 is 2.60 bits per heavy atom. The first-order valence-electron chi connectivity index (χ1n) is 4.45. The van der Waals surface area contributed by atoms with Gasteiger partial charge in [-0.15, -0.1) is 0 Å². The van der Waals surface area contributed by atoms with E-state index in [9.17, 15) is 0 Å². The molecule has 10 heavy (non-hydrogen) atoms. The van der Waals surface area contributed by atoms with Crippen molar-refractivity contribution in [1.82, 2.24) is 4.98 Å². The summed E-state index contributed by atoms with van der Waals surface area (Å²) in [7, 11) is 0. The van der Waals surface area contributed by atoms with Crippen LogP contribution in [-0.4, -0.2) is 4.98 Å². The van der Waals surface area contributed by atoms with Crippen molar-refractivity contribution >= 4 is 0 Å². The number of hydrogen-bond donors (Lipinski definition) is 0. The summed E-state index contributed by atoms with van der Waals surface area (Å²) in [5, 5.41) is 0. The Hall–Kier alpha value is -0.850. The lowest BCUT2D eigenvalue weighted by Crippen LogP contribution is -1.92. The van der Waals surface area contributed by atoms with Gasteiger partial charge in [-0.25, -0.2) is 0 Å². The largest absolute Gasteiger partial charge is 0.265 e. The summed E-state index contributed by atoms with van der Waals surface area (Å²) in [5.41, 5.74) is 0.701. The third-order valence-corrected chi connectivity index (χ3v) is 1.14. The molecular weight excluding hydrogens is 122 g/mol. The van der Waals surface area contributed by atoms with E-state index >= 15 is 0 Å². The maximum atomic E-state index is 7.76. The van der Waals surface area contributed by atoms with E-state index in [0.29, 0.717) is 5.56 Å². The lowest BCUT2D eigenvalue weighted by Gasteiger charge is -2.02. The average Bonchev–Trinajstić information content (AvgIpc) is 2.06. The summed E-state index contributed by atoms with van der Waals surface area (Å²) < 4.78 is 15.5. The standard InChI is InChI=1S/C9H13N/c1-8(2)7-9-3-5-10-6-4-9/h3-6,8H,7H2,1-2H3/i7D2. The molecule has 0 atom stereocenters. The zero-order valence-corrected chi connectivity index (χ0v) is 6.33. The molecule has 0 amide bonds. The fourth-order valence-electron chi connectivity index (χ4n) is 0.781. The van der Waals surface area contributed by atoms with E-state index in [1.165, 1.54) is 0 Å². The Morgan fingerprint density at radius 2 is 2.10 bits per heavy atom. The second-order valence-electron chi connectivity index (χ2n) is 2.53. The molecule has 1 nitrogen and oxygen atoms in total. The zero-order valence-electron chi connectivity index (χ0n) is 8.33. The molecule has 54 valence electrons. The Morgan fingerprint density at radius 1 is 1.50 bits per heavy atom. The number of pyridine rings is 1. The van der Waals surface area contributed by atoms with Crippen LogP contribution in [0.4, 0.5) is 0 Å². The van der Waals surface area contributed by atoms with Crippen molar-refractivity contribution in [2.45, 2.75) is 20.2 Å². The van der Waals surface area contributed by atoms with E-state index in [-0.39, 0.29) is 5.92 Å². The van der Waals surface area contributed by atoms with Crippen LogP contribution >= 0.6 is 0 Å². The van der Waals surface area contributed by atoms with Gasteiger partial charge in [0.2, 0.25) is 0 Å². The second kappa shape index (κ2) is 3.35. The zero-order chi connectivity index (χ0) is 9.19. The summed E-state index contributed by atoms with van der Waals surface area (Å²) in [6, 6.07) is 3.44. The molecule has 0 saturated heterocycles. The van der Waals surface area contributed by atoms with Gasteiger partial charge in [0.25, 0.3) is 0 Å². The molecule has 0 saturated carbocycles. The molecule has 1 rings (SSSR count). The van der Waals surface area contributed by atoms with Gasteiger partial charge in [-0.2, -0.15) is 0 Å². The molecule has 0 radical (unpaired) electrons. The highest BCUT2D eigenvalue weighted by molar-refractivity contribution is 5.09. The monoisotopic (exact) mass is 137 g/mol. The molecule has 0 unspecified atom stereocenters. The van der Waals surface area contributed by atoms with Gasteiger partial charge in [0, 0.05) is 15.1 Å². The number of nitrogens with zero attached hydrogens (tertiary/aromatic N) is 1. The quantitative estimate of drug-likeness (QED) is 0.609. The SMILES string of the molecule is [2H]C([2H])(c1ccncc1)C(C)C. The summed E-state index contributed by atoms with van der Waals surface area (Å²) in [6.45, 7) is 3.75. The molecule has 1 heteroatoms. The van der Waals surface area contributed by atoms with Crippen molar-refractivity contribution in [2.24, 2.45) is 5.92 Å². The molecule has 1 heterocycles. The maximum absolute atomic E-state index is 7.76. The molecule has 0 aromatic carbocycles. The molecule has 0 aliphatic rings. The topological polar surface area (TPSA) is 12.9 Å². The smallest absolute Gasteiger partial charge is 0.0319 e. The predicted molar refractivity (Wildman–Crippen MR) is 42.8 cm³/mol. The molecule has 0 aliphatic carbocycles. The van der Waals surface area contributed by atoms with Crippen LogP contribution in [0.5, 0.6) is 0 Å². The normalized spacial score (nSPS) is 14.7. The van der Waals surface area contributed by atoms with Crippen LogP contribution in [0.1, 0.15) is 22.2 Å². The van der Waals surface area contributed by atoms with Crippen LogP contribution in [0, 0.1) is 5.92 Å². The average molecular weight is 137 g/mol. The molecule has 0 spiro atoms. The van der Waals surface area contributed by atoms with Gasteiger partial charge in [0.1, 0.15) is 0 Å². The molecular formula is C9H13N. The van der Waals surface area contributed by atoms with Crippen LogP contribution in [0.2, 0.25) is 0 Å². The highest BCUT2D eigenvalue weighted by atomic mass is 14.6. The van der Waals surface area contributed by atoms with E-state index < -0.39 is 6.37 Å². The first kappa shape index (κ1) is 4.89. The van der Waals surface area contributed by atoms with E-state index in [0.717, 1.165) is 0 Å². The summed E-state index contributed by atoms with van der Waals surface area (Å²) in [4.78, 5) is 3.85. The van der Waals surface area contributed by atoms with E-state index in [1.54, 1.807) is 24.5 Å². The highest BCUT2D eigenvalue weighted by Gasteiger charge is 1.94. The van der Waals surface area contributed by atoms with Gasteiger partial charge in [-0.3, -0.25) is 4.98 Å². The van der Waals surface area contributed by atoms with Gasteiger partial charge in [0.05, 0.1) is 0 Å². The Balaban J connectivity index is 2.98. The van der Waals surface area contributed by atoms with Crippen molar-refractivity contribution in [2.75, 3.05) is 0 Å². The maximum Gasteiger partial charge on any atom is 0.0319 e. The molecule has 0 N–H and O–H groups in total. The molecule has 0 bridgehead atoms. The first-order valence-corrected chi connectivity index (χ1v) is 3.45. The molecule has 1 aromatic heterocycles.